The molecule has 0 fully saturated rings. The van der Waals surface area contributed by atoms with Gasteiger partial charge < -0.3 is 16.4 Å². The number of aryl methyl sites for hydroxylation is 1. The summed E-state index contributed by atoms with van der Waals surface area (Å²) < 4.78 is 0. The van der Waals surface area contributed by atoms with Gasteiger partial charge in [0.15, 0.2) is 0 Å². The van der Waals surface area contributed by atoms with Crippen LogP contribution in [0.4, 0.5) is 5.69 Å². The largest absolute Gasteiger partial charge is 0.344 e. The zero-order valence-electron chi connectivity index (χ0n) is 16.4. The Morgan fingerprint density at radius 2 is 1.62 bits per heavy atom. The Morgan fingerprint density at radius 1 is 0.897 bits per heavy atom. The van der Waals surface area contributed by atoms with E-state index in [-0.39, 0.29) is 11.8 Å². The minimum absolute atomic E-state index is 0.135. The average Bonchev–Trinajstić information content (AvgIpc) is 2.75. The van der Waals surface area contributed by atoms with Gasteiger partial charge in [-0.2, -0.15) is 0 Å². The zero-order chi connectivity index (χ0) is 20.5. The van der Waals surface area contributed by atoms with E-state index in [0.29, 0.717) is 37.9 Å². The van der Waals surface area contributed by atoms with Gasteiger partial charge in [0.25, 0.3) is 0 Å². The molecule has 0 radical (unpaired) electrons. The van der Waals surface area contributed by atoms with Gasteiger partial charge >= 0.3 is 0 Å². The van der Waals surface area contributed by atoms with Gasteiger partial charge in [-0.15, -0.1) is 0 Å². The molecule has 0 saturated carbocycles. The SMILES string of the molecule is NCCC[C@H](NC(=O)CCc1ccccc1)C(=O)Nc1ccc2ccccc2c1. The number of carbonyl (C=O) groups excluding carboxylic acids is 2. The van der Waals surface area contributed by atoms with Crippen LogP contribution in [0.25, 0.3) is 10.8 Å². The Morgan fingerprint density at radius 3 is 2.38 bits per heavy atom. The standard InChI is InChI=1S/C24H27N3O2/c25-16-6-11-22(27-23(28)15-12-18-7-2-1-3-8-18)24(29)26-21-14-13-19-9-4-5-10-20(19)17-21/h1-5,7-10,13-14,17,22H,6,11-12,15-16,25H2,(H,26,29)(H,27,28)/t22-/m0/s1. The highest BCUT2D eigenvalue weighted by Crippen LogP contribution is 2.19. The second-order valence-corrected chi connectivity index (χ2v) is 7.09. The van der Waals surface area contributed by atoms with Crippen LogP contribution in [-0.2, 0) is 16.0 Å². The first kappa shape index (κ1) is 20.6. The first-order chi connectivity index (χ1) is 14.2. The number of carbonyl (C=O) groups is 2. The molecule has 29 heavy (non-hydrogen) atoms. The van der Waals surface area contributed by atoms with E-state index in [1.54, 1.807) is 0 Å². The van der Waals surface area contributed by atoms with Crippen LogP contribution in [0, 0.1) is 0 Å². The van der Waals surface area contributed by atoms with Crippen molar-refractivity contribution in [3.8, 4) is 0 Å². The maximum atomic E-state index is 12.8. The van der Waals surface area contributed by atoms with E-state index in [4.69, 9.17) is 5.73 Å². The van der Waals surface area contributed by atoms with Crippen molar-refractivity contribution >= 4 is 28.3 Å². The van der Waals surface area contributed by atoms with E-state index < -0.39 is 6.04 Å². The summed E-state index contributed by atoms with van der Waals surface area (Å²) in [5, 5.41) is 7.96. The molecular formula is C24H27N3O2. The molecule has 0 aliphatic rings. The van der Waals surface area contributed by atoms with Crippen LogP contribution in [0.3, 0.4) is 0 Å². The Balaban J connectivity index is 1.61. The fourth-order valence-corrected chi connectivity index (χ4v) is 3.26. The summed E-state index contributed by atoms with van der Waals surface area (Å²) in [5.74, 6) is -0.355. The molecule has 0 saturated heterocycles. The van der Waals surface area contributed by atoms with Gasteiger partial charge in [-0.25, -0.2) is 0 Å². The molecule has 1 atom stereocenters. The van der Waals surface area contributed by atoms with Crippen LogP contribution in [0.2, 0.25) is 0 Å². The van der Waals surface area contributed by atoms with E-state index in [2.05, 4.69) is 10.6 Å². The second kappa shape index (κ2) is 10.4. The van der Waals surface area contributed by atoms with Gasteiger partial charge in [-0.05, 0) is 54.3 Å². The summed E-state index contributed by atoms with van der Waals surface area (Å²) >= 11 is 0. The van der Waals surface area contributed by atoms with Crippen LogP contribution in [-0.4, -0.2) is 24.4 Å². The number of hydrogen-bond acceptors (Lipinski definition) is 3. The molecule has 150 valence electrons. The molecule has 2 amide bonds. The number of rotatable bonds is 9. The van der Waals surface area contributed by atoms with Crippen molar-refractivity contribution in [1.29, 1.82) is 0 Å². The van der Waals surface area contributed by atoms with Crippen molar-refractivity contribution in [2.75, 3.05) is 11.9 Å². The highest BCUT2D eigenvalue weighted by molar-refractivity contribution is 5.99. The fourth-order valence-electron chi connectivity index (χ4n) is 3.26. The molecule has 4 N–H and O–H groups in total. The minimum atomic E-state index is -0.603. The molecule has 0 aliphatic heterocycles. The van der Waals surface area contributed by atoms with Gasteiger partial charge in [0.2, 0.25) is 11.8 Å². The van der Waals surface area contributed by atoms with Crippen molar-refractivity contribution < 1.29 is 9.59 Å². The van der Waals surface area contributed by atoms with Gasteiger partial charge in [0.1, 0.15) is 6.04 Å². The lowest BCUT2D eigenvalue weighted by Crippen LogP contribution is -2.44. The summed E-state index contributed by atoms with van der Waals surface area (Å²) in [6.07, 6.45) is 2.15. The molecular weight excluding hydrogens is 362 g/mol. The quantitative estimate of drug-likeness (QED) is 0.522. The van der Waals surface area contributed by atoms with Crippen molar-refractivity contribution in [3.63, 3.8) is 0 Å². The lowest BCUT2D eigenvalue weighted by atomic mass is 10.1. The number of fused-ring (bicyclic) bond motifs is 1. The number of hydrogen-bond donors (Lipinski definition) is 3. The zero-order valence-corrected chi connectivity index (χ0v) is 16.4. The topological polar surface area (TPSA) is 84.2 Å². The van der Waals surface area contributed by atoms with Gasteiger partial charge in [0.05, 0.1) is 0 Å². The predicted molar refractivity (Wildman–Crippen MR) is 118 cm³/mol. The highest BCUT2D eigenvalue weighted by atomic mass is 16.2. The Hall–Kier alpha value is -3.18. The highest BCUT2D eigenvalue weighted by Gasteiger charge is 2.20. The summed E-state index contributed by atoms with van der Waals surface area (Å²) in [4.78, 5) is 25.2. The van der Waals surface area contributed by atoms with E-state index in [9.17, 15) is 9.59 Å². The Kier molecular flexibility index (Phi) is 7.36. The molecule has 0 spiro atoms. The number of amides is 2. The van der Waals surface area contributed by atoms with E-state index in [1.165, 1.54) is 0 Å². The maximum Gasteiger partial charge on any atom is 0.246 e. The normalized spacial score (nSPS) is 11.8. The first-order valence-corrected chi connectivity index (χ1v) is 9.99. The molecule has 0 bridgehead atoms. The van der Waals surface area contributed by atoms with Crippen LogP contribution in [0.15, 0.2) is 72.8 Å². The van der Waals surface area contributed by atoms with Gasteiger partial charge in [-0.3, -0.25) is 9.59 Å². The van der Waals surface area contributed by atoms with Gasteiger partial charge in [0, 0.05) is 12.1 Å². The van der Waals surface area contributed by atoms with Crippen molar-refractivity contribution in [3.05, 3.63) is 78.4 Å². The minimum Gasteiger partial charge on any atom is -0.344 e. The Labute approximate surface area is 171 Å². The second-order valence-electron chi connectivity index (χ2n) is 7.09. The first-order valence-electron chi connectivity index (χ1n) is 9.99. The Bertz CT molecular complexity index is 957. The third-order valence-electron chi connectivity index (χ3n) is 4.85. The third-order valence-corrected chi connectivity index (χ3v) is 4.85. The van der Waals surface area contributed by atoms with E-state index >= 15 is 0 Å². The number of anilines is 1. The van der Waals surface area contributed by atoms with Crippen LogP contribution in [0.5, 0.6) is 0 Å². The summed E-state index contributed by atoms with van der Waals surface area (Å²) in [6.45, 7) is 0.472. The number of nitrogens with two attached hydrogens (primary N) is 1. The molecule has 3 aromatic rings. The van der Waals surface area contributed by atoms with Crippen molar-refractivity contribution in [1.82, 2.24) is 5.32 Å². The molecule has 3 rings (SSSR count). The van der Waals surface area contributed by atoms with Crippen LogP contribution >= 0.6 is 0 Å². The molecule has 0 aliphatic carbocycles. The molecule has 0 unspecified atom stereocenters. The molecule has 5 heteroatoms. The van der Waals surface area contributed by atoms with Crippen LogP contribution in [0.1, 0.15) is 24.8 Å². The summed E-state index contributed by atoms with van der Waals surface area (Å²) in [7, 11) is 0. The molecule has 0 heterocycles. The molecule has 0 aromatic heterocycles. The van der Waals surface area contributed by atoms with Crippen LogP contribution < -0.4 is 16.4 Å². The van der Waals surface area contributed by atoms with Crippen molar-refractivity contribution in [2.45, 2.75) is 31.7 Å². The van der Waals surface area contributed by atoms with Crippen molar-refractivity contribution in [2.24, 2.45) is 5.73 Å². The summed E-state index contributed by atoms with van der Waals surface area (Å²) in [5.41, 5.74) is 7.42. The predicted octanol–water partition coefficient (Wildman–Crippen LogP) is 3.63. The monoisotopic (exact) mass is 389 g/mol. The maximum absolute atomic E-state index is 12.8. The van der Waals surface area contributed by atoms with E-state index in [0.717, 1.165) is 16.3 Å². The summed E-state index contributed by atoms with van der Waals surface area (Å²) in [6, 6.07) is 23.0. The lowest BCUT2D eigenvalue weighted by Gasteiger charge is -2.18. The average molecular weight is 389 g/mol. The molecule has 3 aromatic carbocycles. The van der Waals surface area contributed by atoms with Gasteiger partial charge in [-0.1, -0.05) is 60.7 Å². The lowest BCUT2D eigenvalue weighted by molar-refractivity contribution is -0.126. The smallest absolute Gasteiger partial charge is 0.246 e. The molecule has 5 nitrogen and oxygen atoms in total. The third kappa shape index (κ3) is 6.16. The van der Waals surface area contributed by atoms with E-state index in [1.807, 2.05) is 72.8 Å². The fraction of sp³-hybridized carbons (Fsp3) is 0.250. The number of nitrogens with one attached hydrogen (secondary N) is 2. The number of benzene rings is 3.